The molecular weight excluding hydrogens is 408 g/mol. The normalized spacial score (nSPS) is 10.8. The van der Waals surface area contributed by atoms with Crippen LogP contribution in [0.1, 0.15) is 5.56 Å². The van der Waals surface area contributed by atoms with Gasteiger partial charge < -0.3 is 17.3 Å². The van der Waals surface area contributed by atoms with Crippen LogP contribution in [-0.2, 0) is 0 Å². The fourth-order valence-corrected chi connectivity index (χ4v) is 3.55. The van der Waals surface area contributed by atoms with Gasteiger partial charge in [0.05, 0.1) is 11.9 Å². The van der Waals surface area contributed by atoms with Crippen LogP contribution < -0.4 is 21.7 Å². The van der Waals surface area contributed by atoms with E-state index in [4.69, 9.17) is 0 Å². The minimum Gasteiger partial charge on any atom is -1.00 e. The number of hydrogen-bond donors (Lipinski definition) is 0. The first-order valence-electron chi connectivity index (χ1n) is 9.88. The molecule has 7 heteroatoms. The average molecular weight is 431 g/mol. The van der Waals surface area contributed by atoms with Crippen molar-refractivity contribution in [1.82, 2.24) is 19.6 Å². The van der Waals surface area contributed by atoms with Crippen molar-refractivity contribution in [3.05, 3.63) is 91.0 Å². The van der Waals surface area contributed by atoms with Crippen LogP contribution in [0.5, 0.6) is 0 Å². The van der Waals surface area contributed by atoms with E-state index in [0.29, 0.717) is 0 Å². The van der Waals surface area contributed by atoms with Crippen LogP contribution in [0, 0.1) is 6.92 Å². The maximum atomic E-state index is 4.44. The third kappa shape index (κ3) is 3.90. The first kappa shape index (κ1) is 20.6. The van der Waals surface area contributed by atoms with Crippen molar-refractivity contribution in [1.29, 1.82) is 0 Å². The van der Waals surface area contributed by atoms with Gasteiger partial charge in [-0.15, -0.1) is 5.10 Å². The predicted octanol–water partition coefficient (Wildman–Crippen LogP) is 0.842. The van der Waals surface area contributed by atoms with E-state index in [2.05, 4.69) is 110 Å². The predicted molar refractivity (Wildman–Crippen MR) is 118 cm³/mol. The lowest BCUT2D eigenvalue weighted by atomic mass is 10.2. The van der Waals surface area contributed by atoms with Crippen LogP contribution in [0.4, 0.5) is 5.69 Å². The van der Waals surface area contributed by atoms with Gasteiger partial charge in [0.1, 0.15) is 11.9 Å². The Morgan fingerprint density at radius 2 is 1.55 bits per heavy atom. The molecule has 0 amide bonds. The minimum absolute atomic E-state index is 0. The summed E-state index contributed by atoms with van der Waals surface area (Å²) < 4.78 is 6.08. The maximum Gasteiger partial charge on any atom is 0.254 e. The number of halogens is 1. The van der Waals surface area contributed by atoms with Crippen LogP contribution in [0.25, 0.3) is 28.3 Å². The molecule has 156 valence electrons. The Balaban J connectivity index is 0.00000231. The number of fused-ring (bicyclic) bond motifs is 1. The molecule has 2 aromatic carbocycles. The highest BCUT2D eigenvalue weighted by Gasteiger charge is 2.16. The van der Waals surface area contributed by atoms with E-state index in [-0.39, 0.29) is 12.4 Å². The van der Waals surface area contributed by atoms with Crippen molar-refractivity contribution in [2.75, 3.05) is 19.0 Å². The number of aromatic nitrogens is 5. The highest BCUT2D eigenvalue weighted by Crippen LogP contribution is 2.19. The van der Waals surface area contributed by atoms with Gasteiger partial charge in [0, 0.05) is 19.8 Å². The van der Waals surface area contributed by atoms with Crippen molar-refractivity contribution in [2.45, 2.75) is 6.92 Å². The molecule has 0 saturated heterocycles. The molecule has 0 aliphatic rings. The summed E-state index contributed by atoms with van der Waals surface area (Å²) in [7, 11) is 4.06. The Bertz CT molecular complexity index is 1320. The van der Waals surface area contributed by atoms with Gasteiger partial charge in [-0.2, -0.15) is 4.40 Å². The van der Waals surface area contributed by atoms with Gasteiger partial charge in [0.25, 0.3) is 6.33 Å². The third-order valence-corrected chi connectivity index (χ3v) is 5.29. The largest absolute Gasteiger partial charge is 1.00 e. The molecule has 5 rings (SSSR count). The zero-order valence-electron chi connectivity index (χ0n) is 17.6. The van der Waals surface area contributed by atoms with E-state index in [1.165, 1.54) is 5.56 Å². The number of anilines is 1. The lowest BCUT2D eigenvalue weighted by Crippen LogP contribution is -3.00. The number of benzene rings is 2. The molecule has 0 aliphatic carbocycles. The molecule has 0 atom stereocenters. The first-order valence-corrected chi connectivity index (χ1v) is 9.88. The summed E-state index contributed by atoms with van der Waals surface area (Å²) in [6.45, 7) is 2.10. The van der Waals surface area contributed by atoms with Crippen LogP contribution in [-0.4, -0.2) is 33.7 Å². The van der Waals surface area contributed by atoms with E-state index in [1.807, 2.05) is 25.0 Å². The van der Waals surface area contributed by atoms with Crippen molar-refractivity contribution in [3.8, 4) is 22.8 Å². The molecule has 0 spiro atoms. The second kappa shape index (κ2) is 8.24. The molecule has 0 fully saturated rings. The summed E-state index contributed by atoms with van der Waals surface area (Å²) in [5, 5.41) is 8.79. The lowest BCUT2D eigenvalue weighted by Gasteiger charge is -2.12. The molecule has 0 N–H and O–H groups in total. The summed E-state index contributed by atoms with van der Waals surface area (Å²) >= 11 is 0. The van der Waals surface area contributed by atoms with Gasteiger partial charge in [0.15, 0.2) is 16.9 Å². The van der Waals surface area contributed by atoms with E-state index < -0.39 is 0 Å². The van der Waals surface area contributed by atoms with Gasteiger partial charge in [-0.3, -0.25) is 0 Å². The Morgan fingerprint density at radius 3 is 2.26 bits per heavy atom. The molecule has 0 aliphatic heterocycles. The van der Waals surface area contributed by atoms with Gasteiger partial charge in [-0.05, 0) is 55.5 Å². The Morgan fingerprint density at radius 1 is 0.839 bits per heavy atom. The average Bonchev–Trinajstić information content (AvgIpc) is 3.41. The smallest absolute Gasteiger partial charge is 0.254 e. The third-order valence-electron chi connectivity index (χ3n) is 5.29. The maximum absolute atomic E-state index is 4.44. The quantitative estimate of drug-likeness (QED) is 0.397. The zero-order chi connectivity index (χ0) is 20.7. The van der Waals surface area contributed by atoms with Crippen LogP contribution in [0.2, 0.25) is 0 Å². The number of hydrogen-bond acceptors (Lipinski definition) is 3. The van der Waals surface area contributed by atoms with Crippen LogP contribution >= 0.6 is 0 Å². The van der Waals surface area contributed by atoms with Crippen molar-refractivity contribution < 1.29 is 16.8 Å². The summed E-state index contributed by atoms with van der Waals surface area (Å²) in [4.78, 5) is 2.08. The van der Waals surface area contributed by atoms with Crippen LogP contribution in [0.15, 0.2) is 85.5 Å². The summed E-state index contributed by atoms with van der Waals surface area (Å²) in [6, 6.07) is 23.0. The van der Waals surface area contributed by atoms with Gasteiger partial charge in [-0.25, -0.2) is 9.25 Å². The fraction of sp³-hybridized carbons (Fsp3) is 0.125. The molecule has 5 aromatic rings. The monoisotopic (exact) mass is 430 g/mol. The molecule has 3 heterocycles. The van der Waals surface area contributed by atoms with Crippen molar-refractivity contribution in [3.63, 3.8) is 0 Å². The molecule has 6 nitrogen and oxygen atoms in total. The highest BCUT2D eigenvalue weighted by molar-refractivity contribution is 5.55. The van der Waals surface area contributed by atoms with E-state index in [9.17, 15) is 0 Å². The van der Waals surface area contributed by atoms with E-state index >= 15 is 0 Å². The van der Waals surface area contributed by atoms with E-state index in [1.54, 1.807) is 0 Å². The highest BCUT2D eigenvalue weighted by atomic mass is 35.5. The minimum atomic E-state index is 0. The Hall–Kier alpha value is -3.64. The van der Waals surface area contributed by atoms with Gasteiger partial charge in [-0.1, -0.05) is 29.0 Å². The van der Waals surface area contributed by atoms with E-state index in [0.717, 1.165) is 34.0 Å². The number of nitrogens with zero attached hydrogens (tertiary/aromatic N) is 6. The zero-order valence-corrected chi connectivity index (χ0v) is 18.4. The standard InChI is InChI=1S/C24H23N6.ClH/c1-18-7-9-20(10-8-18)28-15-22-5-4-6-24(29(22)17-28)23-16-30(26-25-23)21-13-11-19(12-14-21)27(2)3;/h4-17H,1-3H3;1H/q+1;/p-1. The van der Waals surface area contributed by atoms with Crippen molar-refractivity contribution >= 4 is 11.2 Å². The summed E-state index contributed by atoms with van der Waals surface area (Å²) in [5.41, 5.74) is 7.42. The van der Waals surface area contributed by atoms with Gasteiger partial charge in [0.2, 0.25) is 0 Å². The number of pyridine rings is 1. The second-order valence-electron chi connectivity index (χ2n) is 7.65. The molecule has 31 heavy (non-hydrogen) atoms. The molecule has 0 unspecified atom stereocenters. The molecular formula is C24H23ClN6. The van der Waals surface area contributed by atoms with Crippen molar-refractivity contribution in [2.24, 2.45) is 0 Å². The molecule has 0 radical (unpaired) electrons. The fourth-order valence-electron chi connectivity index (χ4n) is 3.55. The lowest BCUT2D eigenvalue weighted by molar-refractivity contribution is -0.499. The Kier molecular flexibility index (Phi) is 5.48. The van der Waals surface area contributed by atoms with Gasteiger partial charge >= 0.3 is 0 Å². The Labute approximate surface area is 187 Å². The number of rotatable bonds is 4. The topological polar surface area (TPSA) is 43.0 Å². The molecule has 0 bridgehead atoms. The first-order chi connectivity index (χ1) is 14.6. The number of imidazole rings is 1. The number of aryl methyl sites for hydroxylation is 1. The molecule has 3 aromatic heterocycles. The summed E-state index contributed by atoms with van der Waals surface area (Å²) in [5.74, 6) is 0. The summed E-state index contributed by atoms with van der Waals surface area (Å²) in [6.07, 6.45) is 6.18. The second-order valence-corrected chi connectivity index (χ2v) is 7.65. The van der Waals surface area contributed by atoms with Crippen LogP contribution in [0.3, 0.4) is 0 Å². The SMILES string of the molecule is Cc1ccc(-n2cc3cccc(-c4cn(-c5ccc(N(C)C)cc5)nn4)[n+]3c2)cc1.[Cl-]. The molecule has 0 saturated carbocycles.